The van der Waals surface area contributed by atoms with E-state index in [9.17, 15) is 13.2 Å². The number of benzene rings is 2. The van der Waals surface area contributed by atoms with Crippen LogP contribution in [-0.4, -0.2) is 45.5 Å². The van der Waals surface area contributed by atoms with Crippen LogP contribution in [0.4, 0.5) is 0 Å². The first-order chi connectivity index (χ1) is 17.2. The lowest BCUT2D eigenvalue weighted by atomic mass is 10.1. The summed E-state index contributed by atoms with van der Waals surface area (Å²) in [7, 11) is -4.00. The summed E-state index contributed by atoms with van der Waals surface area (Å²) in [5.74, 6) is -0.000734. The molecule has 11 heteroatoms. The van der Waals surface area contributed by atoms with E-state index in [0.29, 0.717) is 17.1 Å². The molecule has 0 aliphatic rings. The van der Waals surface area contributed by atoms with E-state index in [1.54, 1.807) is 56.6 Å². The first-order valence-electron chi connectivity index (χ1n) is 11.0. The van der Waals surface area contributed by atoms with Gasteiger partial charge in [0, 0.05) is 31.0 Å². The number of hydrogen-bond donors (Lipinski definition) is 1. The number of hydrogen-bond acceptors (Lipinski definition) is 8. The minimum atomic E-state index is -4.00. The van der Waals surface area contributed by atoms with Gasteiger partial charge in [-0.3, -0.25) is 0 Å². The number of ether oxygens (including phenoxy) is 1. The molecule has 2 aromatic carbocycles. The Kier molecular flexibility index (Phi) is 7.41. The Bertz CT molecular complexity index is 1430. The molecule has 0 spiro atoms. The normalized spacial score (nSPS) is 11.5. The number of rotatable bonds is 10. The van der Waals surface area contributed by atoms with E-state index in [-0.39, 0.29) is 29.4 Å². The van der Waals surface area contributed by atoms with Gasteiger partial charge in [0.15, 0.2) is 18.2 Å². The first-order valence-corrected chi connectivity index (χ1v) is 12.4. The van der Waals surface area contributed by atoms with Gasteiger partial charge in [-0.05, 0) is 43.2 Å². The second-order valence-electron chi connectivity index (χ2n) is 8.03. The molecule has 2 aromatic heterocycles. The van der Waals surface area contributed by atoms with Gasteiger partial charge in [-0.2, -0.15) is 4.31 Å². The van der Waals surface area contributed by atoms with E-state index in [0.717, 1.165) is 11.1 Å². The van der Waals surface area contributed by atoms with E-state index < -0.39 is 22.6 Å². The zero-order valence-corrected chi connectivity index (χ0v) is 20.5. The largest absolute Gasteiger partial charge is 0.482 e. The molecule has 1 N–H and O–H groups in total. The summed E-state index contributed by atoms with van der Waals surface area (Å²) in [5.41, 5.74) is 2.46. The lowest BCUT2D eigenvalue weighted by Crippen LogP contribution is -2.31. The average molecular weight is 509 g/mol. The number of nitrogens with zero attached hydrogens (tertiary/aromatic N) is 4. The van der Waals surface area contributed by atoms with Crippen molar-refractivity contribution in [1.82, 2.24) is 19.4 Å². The van der Waals surface area contributed by atoms with Crippen LogP contribution in [0.1, 0.15) is 22.6 Å². The Hall–Kier alpha value is -4.09. The molecule has 0 aliphatic carbocycles. The molecule has 2 heterocycles. The van der Waals surface area contributed by atoms with Crippen LogP contribution in [0, 0.1) is 13.8 Å². The molecule has 186 valence electrons. The number of carboxylic acids is 1. The van der Waals surface area contributed by atoms with Crippen molar-refractivity contribution < 1.29 is 27.6 Å². The van der Waals surface area contributed by atoms with Crippen LogP contribution >= 0.6 is 0 Å². The molecule has 0 bridgehead atoms. The Morgan fingerprint density at radius 3 is 2.33 bits per heavy atom. The zero-order chi connectivity index (χ0) is 25.7. The number of aliphatic carboxylic acids is 1. The van der Waals surface area contributed by atoms with Crippen molar-refractivity contribution in [2.45, 2.75) is 31.8 Å². The molecule has 0 amide bonds. The molecule has 10 nitrogen and oxygen atoms in total. The Morgan fingerprint density at radius 1 is 1.00 bits per heavy atom. The van der Waals surface area contributed by atoms with Crippen molar-refractivity contribution in [2.24, 2.45) is 0 Å². The van der Waals surface area contributed by atoms with E-state index in [1.165, 1.54) is 4.31 Å². The minimum Gasteiger partial charge on any atom is -0.482 e. The van der Waals surface area contributed by atoms with Crippen LogP contribution in [0.2, 0.25) is 0 Å². The van der Waals surface area contributed by atoms with Crippen molar-refractivity contribution in [2.75, 3.05) is 6.61 Å². The number of carboxylic acid groups (broad SMARTS) is 1. The summed E-state index contributed by atoms with van der Waals surface area (Å²) in [6.07, 6.45) is 3.31. The summed E-state index contributed by atoms with van der Waals surface area (Å²) >= 11 is 0. The second kappa shape index (κ2) is 10.7. The molecule has 0 aliphatic heterocycles. The molecule has 4 rings (SSSR count). The molecule has 0 fully saturated rings. The fourth-order valence-electron chi connectivity index (χ4n) is 3.69. The van der Waals surface area contributed by atoms with Gasteiger partial charge >= 0.3 is 5.97 Å². The summed E-state index contributed by atoms with van der Waals surface area (Å²) < 4.78 is 39.2. The van der Waals surface area contributed by atoms with Crippen molar-refractivity contribution >= 4 is 16.0 Å². The van der Waals surface area contributed by atoms with Crippen LogP contribution in [0.5, 0.6) is 5.75 Å². The zero-order valence-electron chi connectivity index (χ0n) is 19.7. The standard InChI is InChI=1S/C25H24N4O6S/c1-17-24(18(2)35-28-17)36(32,33)29(15-20-5-3-6-22(13-20)34-16-23(30)31)14-19-7-9-21(10-8-19)25-26-11-4-12-27-25/h3-13H,14-16H2,1-2H3,(H,30,31). The molecule has 4 aromatic rings. The third kappa shape index (κ3) is 5.75. The van der Waals surface area contributed by atoms with Crippen LogP contribution in [0.15, 0.2) is 76.4 Å². The Labute approximate surface area is 208 Å². The molecule has 0 saturated carbocycles. The van der Waals surface area contributed by atoms with Gasteiger partial charge in [0.05, 0.1) is 0 Å². The van der Waals surface area contributed by atoms with Crippen molar-refractivity contribution in [1.29, 1.82) is 0 Å². The molecule has 36 heavy (non-hydrogen) atoms. The summed E-state index contributed by atoms with van der Waals surface area (Å²) in [6.45, 7) is 2.72. The van der Waals surface area contributed by atoms with Crippen LogP contribution in [0.25, 0.3) is 11.4 Å². The highest BCUT2D eigenvalue weighted by molar-refractivity contribution is 7.89. The number of carbonyl (C=O) groups is 1. The predicted octanol–water partition coefficient (Wildman–Crippen LogP) is 3.60. The van der Waals surface area contributed by atoms with E-state index in [1.807, 2.05) is 24.3 Å². The van der Waals surface area contributed by atoms with Gasteiger partial charge in [-0.1, -0.05) is 41.6 Å². The Morgan fingerprint density at radius 2 is 1.69 bits per heavy atom. The highest BCUT2D eigenvalue weighted by Crippen LogP contribution is 2.27. The monoisotopic (exact) mass is 508 g/mol. The molecule has 0 unspecified atom stereocenters. The van der Waals surface area contributed by atoms with Gasteiger partial charge in [-0.15, -0.1) is 0 Å². The van der Waals surface area contributed by atoms with E-state index >= 15 is 0 Å². The summed E-state index contributed by atoms with van der Waals surface area (Å²) in [5, 5.41) is 12.7. The highest BCUT2D eigenvalue weighted by Gasteiger charge is 2.31. The van der Waals surface area contributed by atoms with Crippen LogP contribution in [0.3, 0.4) is 0 Å². The number of sulfonamides is 1. The maximum atomic E-state index is 13.7. The lowest BCUT2D eigenvalue weighted by molar-refractivity contribution is -0.139. The van der Waals surface area contributed by atoms with Crippen LogP contribution in [-0.2, 0) is 27.9 Å². The summed E-state index contributed by atoms with van der Waals surface area (Å²) in [6, 6.07) is 15.7. The fraction of sp³-hybridized carbons (Fsp3) is 0.200. The third-order valence-electron chi connectivity index (χ3n) is 5.32. The third-order valence-corrected chi connectivity index (χ3v) is 7.36. The SMILES string of the molecule is Cc1noc(C)c1S(=O)(=O)N(Cc1ccc(-c2ncccn2)cc1)Cc1cccc(OCC(=O)O)c1. The van der Waals surface area contributed by atoms with Crippen molar-refractivity contribution in [3.05, 3.63) is 89.6 Å². The fourth-order valence-corrected chi connectivity index (χ4v) is 5.40. The van der Waals surface area contributed by atoms with E-state index in [4.69, 9.17) is 14.4 Å². The van der Waals surface area contributed by atoms with Gasteiger partial charge < -0.3 is 14.4 Å². The predicted molar refractivity (Wildman–Crippen MR) is 129 cm³/mol. The molecule has 0 radical (unpaired) electrons. The van der Waals surface area contributed by atoms with E-state index in [2.05, 4.69) is 15.1 Å². The average Bonchev–Trinajstić information content (AvgIpc) is 3.22. The molecular formula is C25H24N4O6S. The minimum absolute atomic E-state index is 0.0141. The first kappa shape index (κ1) is 25.0. The highest BCUT2D eigenvalue weighted by atomic mass is 32.2. The lowest BCUT2D eigenvalue weighted by Gasteiger charge is -2.23. The molecular weight excluding hydrogens is 484 g/mol. The van der Waals surface area contributed by atoms with Gasteiger partial charge in [0.1, 0.15) is 16.3 Å². The topological polar surface area (TPSA) is 136 Å². The van der Waals surface area contributed by atoms with Crippen molar-refractivity contribution in [3.8, 4) is 17.1 Å². The quantitative estimate of drug-likeness (QED) is 0.341. The smallest absolute Gasteiger partial charge is 0.341 e. The maximum absolute atomic E-state index is 13.7. The number of aryl methyl sites for hydroxylation is 2. The molecule has 0 atom stereocenters. The van der Waals surface area contributed by atoms with Gasteiger partial charge in [0.25, 0.3) is 0 Å². The summed E-state index contributed by atoms with van der Waals surface area (Å²) in [4.78, 5) is 19.3. The molecule has 0 saturated heterocycles. The Balaban J connectivity index is 1.65. The van der Waals surface area contributed by atoms with Gasteiger partial charge in [-0.25, -0.2) is 23.2 Å². The van der Waals surface area contributed by atoms with Crippen molar-refractivity contribution in [3.63, 3.8) is 0 Å². The van der Waals surface area contributed by atoms with Crippen LogP contribution < -0.4 is 4.74 Å². The maximum Gasteiger partial charge on any atom is 0.341 e. The second-order valence-corrected chi connectivity index (χ2v) is 9.90. The number of aromatic nitrogens is 3. The van der Waals surface area contributed by atoms with Gasteiger partial charge in [0.2, 0.25) is 10.0 Å².